The Bertz CT molecular complexity index is 1410. The first-order valence-corrected chi connectivity index (χ1v) is 14.3. The zero-order chi connectivity index (χ0) is 27.6. The van der Waals surface area contributed by atoms with Gasteiger partial charge in [0, 0.05) is 17.5 Å². The van der Waals surface area contributed by atoms with Gasteiger partial charge in [-0.25, -0.2) is 0 Å². The van der Waals surface area contributed by atoms with Crippen molar-refractivity contribution in [3.05, 3.63) is 100 Å². The van der Waals surface area contributed by atoms with E-state index < -0.39 is 11.9 Å². The molecule has 7 nitrogen and oxygen atoms in total. The zero-order valence-corrected chi connectivity index (χ0v) is 22.9. The SMILES string of the molecule is Cc1ccc(C(c2ccc(COc3cccc4c3CN(C3CCC(=O)NC3=O)C4=O)cc2)N2CCCCC2)cc1. The highest BCUT2D eigenvalue weighted by Gasteiger charge is 2.40. The minimum Gasteiger partial charge on any atom is -0.489 e. The van der Waals surface area contributed by atoms with E-state index >= 15 is 0 Å². The van der Waals surface area contributed by atoms with Crippen molar-refractivity contribution in [2.24, 2.45) is 0 Å². The van der Waals surface area contributed by atoms with Gasteiger partial charge in [-0.3, -0.25) is 24.6 Å². The number of piperidine rings is 2. The first-order valence-electron chi connectivity index (χ1n) is 14.3. The van der Waals surface area contributed by atoms with Gasteiger partial charge in [0.15, 0.2) is 0 Å². The second-order valence-electron chi connectivity index (χ2n) is 11.1. The lowest BCUT2D eigenvalue weighted by Gasteiger charge is -2.35. The number of rotatable bonds is 7. The van der Waals surface area contributed by atoms with Crippen molar-refractivity contribution in [3.63, 3.8) is 0 Å². The van der Waals surface area contributed by atoms with Crippen molar-refractivity contribution < 1.29 is 19.1 Å². The van der Waals surface area contributed by atoms with Crippen LogP contribution >= 0.6 is 0 Å². The van der Waals surface area contributed by atoms with Crippen LogP contribution < -0.4 is 10.1 Å². The first-order chi connectivity index (χ1) is 19.5. The highest BCUT2D eigenvalue weighted by Crippen LogP contribution is 2.35. The Morgan fingerprint density at radius 1 is 0.900 bits per heavy atom. The monoisotopic (exact) mass is 537 g/mol. The van der Waals surface area contributed by atoms with Crippen molar-refractivity contribution in [1.82, 2.24) is 15.1 Å². The van der Waals surface area contributed by atoms with Gasteiger partial charge in [-0.15, -0.1) is 0 Å². The molecule has 2 unspecified atom stereocenters. The average Bonchev–Trinajstić information content (AvgIpc) is 3.31. The molecule has 0 aliphatic carbocycles. The summed E-state index contributed by atoms with van der Waals surface area (Å²) in [6, 6.07) is 22.6. The van der Waals surface area contributed by atoms with Crippen LogP contribution in [0.25, 0.3) is 0 Å². The highest BCUT2D eigenvalue weighted by molar-refractivity contribution is 6.05. The van der Waals surface area contributed by atoms with Gasteiger partial charge in [-0.2, -0.15) is 0 Å². The average molecular weight is 538 g/mol. The third-order valence-corrected chi connectivity index (χ3v) is 8.38. The molecule has 1 N–H and O–H groups in total. The number of amides is 3. The van der Waals surface area contributed by atoms with Crippen LogP contribution in [0.5, 0.6) is 5.75 Å². The molecule has 0 saturated carbocycles. The van der Waals surface area contributed by atoms with Crippen LogP contribution in [0.15, 0.2) is 66.7 Å². The molecule has 3 amide bonds. The second-order valence-corrected chi connectivity index (χ2v) is 11.1. The van der Waals surface area contributed by atoms with Crippen LogP contribution in [0.4, 0.5) is 0 Å². The Kier molecular flexibility index (Phi) is 7.39. The Hall–Kier alpha value is -3.97. The van der Waals surface area contributed by atoms with E-state index in [9.17, 15) is 14.4 Å². The highest BCUT2D eigenvalue weighted by atomic mass is 16.5. The number of ether oxygens (including phenoxy) is 1. The fourth-order valence-corrected chi connectivity index (χ4v) is 6.19. The second kappa shape index (κ2) is 11.3. The Morgan fingerprint density at radius 3 is 2.30 bits per heavy atom. The minimum absolute atomic E-state index is 0.195. The number of likely N-dealkylation sites (tertiary alicyclic amines) is 1. The molecular formula is C33H35N3O4. The van der Waals surface area contributed by atoms with Crippen LogP contribution in [0.3, 0.4) is 0 Å². The number of imide groups is 1. The summed E-state index contributed by atoms with van der Waals surface area (Å²) < 4.78 is 6.23. The van der Waals surface area contributed by atoms with Gasteiger partial charge < -0.3 is 9.64 Å². The lowest BCUT2D eigenvalue weighted by Crippen LogP contribution is -2.52. The molecule has 0 aromatic heterocycles. The molecular weight excluding hydrogens is 502 g/mol. The van der Waals surface area contributed by atoms with Crippen LogP contribution in [0.1, 0.15) is 76.3 Å². The maximum absolute atomic E-state index is 13.1. The minimum atomic E-state index is -0.639. The van der Waals surface area contributed by atoms with Gasteiger partial charge in [0.05, 0.1) is 12.6 Å². The van der Waals surface area contributed by atoms with Gasteiger partial charge in [0.2, 0.25) is 11.8 Å². The molecule has 0 spiro atoms. The van der Waals surface area contributed by atoms with Gasteiger partial charge in [0.25, 0.3) is 5.91 Å². The van der Waals surface area contributed by atoms with Gasteiger partial charge in [-0.1, -0.05) is 66.6 Å². The molecule has 0 bridgehead atoms. The number of benzene rings is 3. The Morgan fingerprint density at radius 2 is 1.60 bits per heavy atom. The number of nitrogens with zero attached hydrogens (tertiary/aromatic N) is 2. The summed E-state index contributed by atoms with van der Waals surface area (Å²) in [6.07, 6.45) is 4.35. The summed E-state index contributed by atoms with van der Waals surface area (Å²) in [5.74, 6) is -0.246. The first kappa shape index (κ1) is 26.3. The predicted octanol–water partition coefficient (Wildman–Crippen LogP) is 4.91. The maximum atomic E-state index is 13.1. The lowest BCUT2D eigenvalue weighted by atomic mass is 9.94. The van der Waals surface area contributed by atoms with Gasteiger partial charge >= 0.3 is 0 Å². The summed E-state index contributed by atoms with van der Waals surface area (Å²) in [4.78, 5) is 41.2. The molecule has 2 atom stereocenters. The van der Waals surface area contributed by atoms with Crippen LogP contribution in [-0.2, 0) is 22.7 Å². The summed E-state index contributed by atoms with van der Waals surface area (Å²) in [5.41, 5.74) is 6.26. The van der Waals surface area contributed by atoms with E-state index in [1.54, 1.807) is 11.0 Å². The number of nitrogens with one attached hydrogen (secondary N) is 1. The molecule has 40 heavy (non-hydrogen) atoms. The van der Waals surface area contributed by atoms with E-state index in [1.807, 2.05) is 12.1 Å². The van der Waals surface area contributed by atoms with E-state index in [1.165, 1.54) is 36.0 Å². The van der Waals surface area contributed by atoms with E-state index in [0.717, 1.165) is 24.2 Å². The normalized spacial score (nSPS) is 20.3. The predicted molar refractivity (Wildman–Crippen MR) is 152 cm³/mol. The molecule has 3 aromatic rings. The molecule has 3 heterocycles. The summed E-state index contributed by atoms with van der Waals surface area (Å²) in [7, 11) is 0. The Balaban J connectivity index is 1.17. The molecule has 3 aliphatic heterocycles. The van der Waals surface area contributed by atoms with Crippen molar-refractivity contribution in [1.29, 1.82) is 0 Å². The number of hydrogen-bond acceptors (Lipinski definition) is 5. The lowest BCUT2D eigenvalue weighted by molar-refractivity contribution is -0.136. The van der Waals surface area contributed by atoms with Crippen molar-refractivity contribution >= 4 is 17.7 Å². The van der Waals surface area contributed by atoms with Crippen LogP contribution in [-0.4, -0.2) is 46.7 Å². The largest absolute Gasteiger partial charge is 0.489 e. The number of hydrogen-bond donors (Lipinski definition) is 1. The fourth-order valence-electron chi connectivity index (χ4n) is 6.19. The number of carbonyl (C=O) groups excluding carboxylic acids is 3. The number of carbonyl (C=O) groups is 3. The third-order valence-electron chi connectivity index (χ3n) is 8.38. The fraction of sp³-hybridized carbons (Fsp3) is 0.364. The van der Waals surface area contributed by atoms with Crippen LogP contribution in [0.2, 0.25) is 0 Å². The number of aryl methyl sites for hydroxylation is 1. The standard InChI is InChI=1S/C33H35N3O4/c1-22-8-12-24(13-9-22)31(35-18-3-2-4-19-35)25-14-10-23(11-15-25)21-40-29-7-5-6-26-27(29)20-36(33(26)39)28-16-17-30(37)34-32(28)38/h5-15,28,31H,2-4,16-21H2,1H3,(H,34,37,38). The van der Waals surface area contributed by atoms with Crippen LogP contribution in [0, 0.1) is 6.92 Å². The number of fused-ring (bicyclic) bond motifs is 1. The zero-order valence-electron chi connectivity index (χ0n) is 22.9. The maximum Gasteiger partial charge on any atom is 0.255 e. The van der Waals surface area contributed by atoms with Gasteiger partial charge in [0.1, 0.15) is 18.4 Å². The summed E-state index contributed by atoms with van der Waals surface area (Å²) in [6.45, 7) is 5.01. The smallest absolute Gasteiger partial charge is 0.255 e. The topological polar surface area (TPSA) is 79.0 Å². The third kappa shape index (κ3) is 5.26. The molecule has 0 radical (unpaired) electrons. The van der Waals surface area contributed by atoms with E-state index in [0.29, 0.717) is 30.9 Å². The molecule has 6 rings (SSSR count). The molecule has 2 saturated heterocycles. The van der Waals surface area contributed by atoms with Gasteiger partial charge in [-0.05, 0) is 68.1 Å². The molecule has 3 aromatic carbocycles. The summed E-state index contributed by atoms with van der Waals surface area (Å²) in [5, 5.41) is 2.35. The van der Waals surface area contributed by atoms with Crippen molar-refractivity contribution in [3.8, 4) is 5.75 Å². The van der Waals surface area contributed by atoms with E-state index in [2.05, 4.69) is 65.7 Å². The molecule has 2 fully saturated rings. The molecule has 7 heteroatoms. The van der Waals surface area contributed by atoms with Crippen molar-refractivity contribution in [2.75, 3.05) is 13.1 Å². The molecule has 3 aliphatic rings. The molecule has 206 valence electrons. The van der Waals surface area contributed by atoms with E-state index in [-0.39, 0.29) is 24.3 Å². The quantitative estimate of drug-likeness (QED) is 0.434. The van der Waals surface area contributed by atoms with Crippen molar-refractivity contribution in [2.45, 2.75) is 64.3 Å². The Labute approximate surface area is 235 Å². The summed E-state index contributed by atoms with van der Waals surface area (Å²) >= 11 is 0. The van der Waals surface area contributed by atoms with E-state index in [4.69, 9.17) is 4.74 Å².